The van der Waals surface area contributed by atoms with Crippen LogP contribution in [0.1, 0.15) is 37.3 Å². The van der Waals surface area contributed by atoms with Crippen molar-refractivity contribution >= 4 is 35.6 Å². The molecule has 0 aromatic heterocycles. The average molecular weight is 463 g/mol. The minimum atomic E-state index is 0. The summed E-state index contributed by atoms with van der Waals surface area (Å²) in [5.74, 6) is 1.38. The Morgan fingerprint density at radius 2 is 1.76 bits per heavy atom. The third-order valence-electron chi connectivity index (χ3n) is 4.24. The molecule has 2 aromatic carbocycles. The predicted octanol–water partition coefficient (Wildman–Crippen LogP) is 6.30. The van der Waals surface area contributed by atoms with E-state index in [1.54, 1.807) is 19.2 Å². The summed E-state index contributed by atoms with van der Waals surface area (Å²) in [6.07, 6.45) is 3.31. The highest BCUT2D eigenvalue weighted by Crippen LogP contribution is 2.30. The molecule has 29 heavy (non-hydrogen) atoms. The van der Waals surface area contributed by atoms with E-state index in [0.29, 0.717) is 28.2 Å². The molecule has 0 bridgehead atoms. The maximum Gasteiger partial charge on any atom is 0.161 e. The first kappa shape index (κ1) is 25.9. The van der Waals surface area contributed by atoms with Crippen molar-refractivity contribution < 1.29 is 14.2 Å². The standard InChI is InChI=1S/C22H29Cl2NO3.ClH/c1-3-4-11-27-12-5-10-25-15-17-6-9-21(22(13-17)26-2)28-16-18-7-8-19(23)14-20(18)24;/h6-9,13-14,25H,3-5,10-12,15-16H2,1-2H3;1H. The summed E-state index contributed by atoms with van der Waals surface area (Å²) in [7, 11) is 1.64. The van der Waals surface area contributed by atoms with E-state index >= 15 is 0 Å². The number of nitrogens with one attached hydrogen (secondary N) is 1. The van der Waals surface area contributed by atoms with Crippen LogP contribution in [0.15, 0.2) is 36.4 Å². The third kappa shape index (κ3) is 9.45. The van der Waals surface area contributed by atoms with Gasteiger partial charge in [-0.3, -0.25) is 0 Å². The summed E-state index contributed by atoms with van der Waals surface area (Å²) >= 11 is 12.1. The van der Waals surface area contributed by atoms with Gasteiger partial charge in [0.2, 0.25) is 0 Å². The first-order chi connectivity index (χ1) is 13.6. The lowest BCUT2D eigenvalue weighted by atomic mass is 10.2. The van der Waals surface area contributed by atoms with Crippen LogP contribution in [0.25, 0.3) is 0 Å². The van der Waals surface area contributed by atoms with Crippen LogP contribution in [0.5, 0.6) is 11.5 Å². The zero-order chi connectivity index (χ0) is 20.2. The van der Waals surface area contributed by atoms with Gasteiger partial charge < -0.3 is 19.5 Å². The molecule has 0 unspecified atom stereocenters. The van der Waals surface area contributed by atoms with Gasteiger partial charge in [0.1, 0.15) is 6.61 Å². The van der Waals surface area contributed by atoms with Gasteiger partial charge in [0.25, 0.3) is 0 Å². The highest BCUT2D eigenvalue weighted by atomic mass is 35.5. The maximum atomic E-state index is 6.20. The molecule has 4 nitrogen and oxygen atoms in total. The molecule has 2 rings (SSSR count). The normalized spacial score (nSPS) is 10.5. The van der Waals surface area contributed by atoms with Gasteiger partial charge in [-0.1, -0.05) is 48.7 Å². The summed E-state index contributed by atoms with van der Waals surface area (Å²) < 4.78 is 16.9. The summed E-state index contributed by atoms with van der Waals surface area (Å²) in [6.45, 7) is 5.87. The number of hydrogen-bond donors (Lipinski definition) is 1. The average Bonchev–Trinajstić information content (AvgIpc) is 2.69. The van der Waals surface area contributed by atoms with Crippen molar-refractivity contribution in [2.75, 3.05) is 26.9 Å². The Labute approximate surface area is 190 Å². The lowest BCUT2D eigenvalue weighted by Gasteiger charge is -2.13. The zero-order valence-corrected chi connectivity index (χ0v) is 19.3. The molecule has 162 valence electrons. The number of benzene rings is 2. The van der Waals surface area contributed by atoms with Crippen molar-refractivity contribution in [1.82, 2.24) is 5.32 Å². The highest BCUT2D eigenvalue weighted by Gasteiger charge is 2.08. The molecule has 0 saturated heterocycles. The van der Waals surface area contributed by atoms with Crippen LogP contribution in [0.2, 0.25) is 10.0 Å². The van der Waals surface area contributed by atoms with Gasteiger partial charge in [0.05, 0.1) is 7.11 Å². The summed E-state index contributed by atoms with van der Waals surface area (Å²) in [5.41, 5.74) is 2.01. The lowest BCUT2D eigenvalue weighted by Crippen LogP contribution is -2.16. The van der Waals surface area contributed by atoms with Crippen LogP contribution >= 0.6 is 35.6 Å². The molecule has 0 amide bonds. The minimum absolute atomic E-state index is 0. The second-order valence-electron chi connectivity index (χ2n) is 6.51. The SMILES string of the molecule is CCCCOCCCNCc1ccc(OCc2ccc(Cl)cc2Cl)c(OC)c1.Cl. The van der Waals surface area contributed by atoms with Crippen LogP contribution in [-0.4, -0.2) is 26.9 Å². The van der Waals surface area contributed by atoms with Crippen LogP contribution < -0.4 is 14.8 Å². The molecule has 0 aliphatic carbocycles. The Hall–Kier alpha value is -1.17. The maximum absolute atomic E-state index is 6.20. The molecule has 2 aromatic rings. The van der Waals surface area contributed by atoms with Gasteiger partial charge in [-0.25, -0.2) is 0 Å². The fourth-order valence-electron chi connectivity index (χ4n) is 2.62. The molecule has 0 aliphatic rings. The number of halogens is 3. The van der Waals surface area contributed by atoms with Crippen LogP contribution in [0.3, 0.4) is 0 Å². The molecule has 0 atom stereocenters. The van der Waals surface area contributed by atoms with E-state index in [-0.39, 0.29) is 12.4 Å². The molecule has 0 spiro atoms. The largest absolute Gasteiger partial charge is 0.493 e. The Bertz CT molecular complexity index is 728. The van der Waals surface area contributed by atoms with E-state index < -0.39 is 0 Å². The van der Waals surface area contributed by atoms with E-state index in [2.05, 4.69) is 12.2 Å². The third-order valence-corrected chi connectivity index (χ3v) is 4.83. The van der Waals surface area contributed by atoms with E-state index in [0.717, 1.165) is 50.3 Å². The molecule has 0 saturated carbocycles. The second-order valence-corrected chi connectivity index (χ2v) is 7.35. The fraction of sp³-hybridized carbons (Fsp3) is 0.455. The van der Waals surface area contributed by atoms with E-state index in [1.807, 2.05) is 24.3 Å². The monoisotopic (exact) mass is 461 g/mol. The molecule has 0 fully saturated rings. The minimum Gasteiger partial charge on any atom is -0.493 e. The van der Waals surface area contributed by atoms with Crippen molar-refractivity contribution in [3.63, 3.8) is 0 Å². The Kier molecular flexibility index (Phi) is 13.2. The van der Waals surface area contributed by atoms with Crippen LogP contribution in [-0.2, 0) is 17.9 Å². The Morgan fingerprint density at radius 3 is 2.48 bits per heavy atom. The Balaban J connectivity index is 0.00000420. The fourth-order valence-corrected chi connectivity index (χ4v) is 3.08. The first-order valence-electron chi connectivity index (χ1n) is 9.66. The van der Waals surface area contributed by atoms with Gasteiger partial charge in [0, 0.05) is 35.4 Å². The molecular formula is C22H30Cl3NO3. The van der Waals surface area contributed by atoms with E-state index in [4.69, 9.17) is 37.4 Å². The molecular weight excluding hydrogens is 433 g/mol. The quantitative estimate of drug-likeness (QED) is 0.355. The Morgan fingerprint density at radius 1 is 0.966 bits per heavy atom. The van der Waals surface area contributed by atoms with Gasteiger partial charge >= 0.3 is 0 Å². The highest BCUT2D eigenvalue weighted by molar-refractivity contribution is 6.35. The van der Waals surface area contributed by atoms with E-state index in [1.165, 1.54) is 6.42 Å². The van der Waals surface area contributed by atoms with E-state index in [9.17, 15) is 0 Å². The first-order valence-corrected chi connectivity index (χ1v) is 10.4. The van der Waals surface area contributed by atoms with Crippen molar-refractivity contribution in [1.29, 1.82) is 0 Å². The zero-order valence-electron chi connectivity index (χ0n) is 17.0. The summed E-state index contributed by atoms with van der Waals surface area (Å²) in [6, 6.07) is 11.3. The van der Waals surface area contributed by atoms with Crippen molar-refractivity contribution in [3.8, 4) is 11.5 Å². The van der Waals surface area contributed by atoms with Crippen LogP contribution in [0.4, 0.5) is 0 Å². The van der Waals surface area contributed by atoms with Crippen molar-refractivity contribution in [2.45, 2.75) is 39.3 Å². The number of methoxy groups -OCH3 is 1. The smallest absolute Gasteiger partial charge is 0.161 e. The molecule has 0 aliphatic heterocycles. The molecule has 0 heterocycles. The molecule has 7 heteroatoms. The van der Waals surface area contributed by atoms with Gasteiger partial charge in [-0.15, -0.1) is 12.4 Å². The molecule has 0 radical (unpaired) electrons. The lowest BCUT2D eigenvalue weighted by molar-refractivity contribution is 0.129. The van der Waals surface area contributed by atoms with Gasteiger partial charge in [-0.2, -0.15) is 0 Å². The molecule has 1 N–H and O–H groups in total. The van der Waals surface area contributed by atoms with Gasteiger partial charge in [0.15, 0.2) is 11.5 Å². The summed E-state index contributed by atoms with van der Waals surface area (Å²) in [4.78, 5) is 0. The number of ether oxygens (including phenoxy) is 3. The van der Waals surface area contributed by atoms with Crippen molar-refractivity contribution in [2.24, 2.45) is 0 Å². The van der Waals surface area contributed by atoms with Crippen LogP contribution in [0, 0.1) is 0 Å². The number of unbranched alkanes of at least 4 members (excludes halogenated alkanes) is 1. The second kappa shape index (κ2) is 14.8. The summed E-state index contributed by atoms with van der Waals surface area (Å²) in [5, 5.41) is 4.62. The van der Waals surface area contributed by atoms with Gasteiger partial charge in [-0.05, 0) is 49.2 Å². The number of rotatable bonds is 13. The number of hydrogen-bond acceptors (Lipinski definition) is 4. The predicted molar refractivity (Wildman–Crippen MR) is 123 cm³/mol. The van der Waals surface area contributed by atoms with Crippen molar-refractivity contribution in [3.05, 3.63) is 57.6 Å². The topological polar surface area (TPSA) is 39.7 Å².